The molecule has 1 aromatic heterocycles. The van der Waals surface area contributed by atoms with Crippen LogP contribution in [0.2, 0.25) is 0 Å². The Morgan fingerprint density at radius 2 is 1.91 bits per heavy atom. The summed E-state index contributed by atoms with van der Waals surface area (Å²) >= 11 is 0. The molecule has 32 heavy (non-hydrogen) atoms. The summed E-state index contributed by atoms with van der Waals surface area (Å²) in [6, 6.07) is 2.15. The lowest BCUT2D eigenvalue weighted by Crippen LogP contribution is -2.38. The average molecular weight is 449 g/mol. The maximum Gasteiger partial charge on any atom is 0.305 e. The SMILES string of the molecule is Cc1[nH]c(/C=C2\C(=O)Nc3ccc(F)c(F)c32)c(C)c1C(=O)N[C@@H](O)C[C@@H](O)CC(=O)O. The van der Waals surface area contributed by atoms with Gasteiger partial charge in [-0.25, -0.2) is 8.78 Å². The predicted octanol–water partition coefficient (Wildman–Crippen LogP) is 1.68. The van der Waals surface area contributed by atoms with Gasteiger partial charge in [-0.3, -0.25) is 14.4 Å². The first-order valence-electron chi connectivity index (χ1n) is 9.59. The number of fused-ring (bicyclic) bond motifs is 1. The molecule has 1 aromatic carbocycles. The van der Waals surface area contributed by atoms with Gasteiger partial charge in [0, 0.05) is 23.4 Å². The van der Waals surface area contributed by atoms with E-state index in [2.05, 4.69) is 15.6 Å². The fourth-order valence-corrected chi connectivity index (χ4v) is 3.59. The van der Waals surface area contributed by atoms with Gasteiger partial charge in [-0.2, -0.15) is 0 Å². The summed E-state index contributed by atoms with van der Waals surface area (Å²) in [6.07, 6.45) is -2.53. The number of halogens is 2. The van der Waals surface area contributed by atoms with E-state index in [1.807, 2.05) is 0 Å². The van der Waals surface area contributed by atoms with Crippen molar-refractivity contribution >= 4 is 35.1 Å². The van der Waals surface area contributed by atoms with Crippen LogP contribution in [-0.2, 0) is 9.59 Å². The molecule has 0 radical (unpaired) electrons. The second kappa shape index (κ2) is 8.89. The second-order valence-electron chi connectivity index (χ2n) is 7.44. The predicted molar refractivity (Wildman–Crippen MR) is 109 cm³/mol. The van der Waals surface area contributed by atoms with E-state index >= 15 is 0 Å². The number of benzene rings is 1. The number of nitrogens with one attached hydrogen (secondary N) is 3. The van der Waals surface area contributed by atoms with Crippen LogP contribution in [0.25, 0.3) is 11.6 Å². The number of carbonyl (C=O) groups excluding carboxylic acids is 2. The Hall–Kier alpha value is -3.57. The zero-order valence-electron chi connectivity index (χ0n) is 17.1. The minimum Gasteiger partial charge on any atom is -0.481 e. The number of anilines is 1. The van der Waals surface area contributed by atoms with Gasteiger partial charge in [0.15, 0.2) is 11.6 Å². The monoisotopic (exact) mass is 449 g/mol. The number of hydrogen-bond donors (Lipinski definition) is 6. The summed E-state index contributed by atoms with van der Waals surface area (Å²) in [5.41, 5.74) is 0.992. The number of H-pyrrole nitrogens is 1. The molecule has 0 fully saturated rings. The van der Waals surface area contributed by atoms with Crippen LogP contribution in [0.4, 0.5) is 14.5 Å². The number of carboxylic acids is 1. The van der Waals surface area contributed by atoms with Gasteiger partial charge in [0.1, 0.15) is 6.23 Å². The molecule has 2 heterocycles. The number of aromatic nitrogens is 1. The van der Waals surface area contributed by atoms with Gasteiger partial charge >= 0.3 is 5.97 Å². The van der Waals surface area contributed by atoms with Crippen LogP contribution >= 0.6 is 0 Å². The number of carbonyl (C=O) groups is 3. The van der Waals surface area contributed by atoms with Crippen molar-refractivity contribution in [3.05, 3.63) is 51.8 Å². The topological polar surface area (TPSA) is 152 Å². The normalized spacial score (nSPS) is 15.9. The van der Waals surface area contributed by atoms with Gasteiger partial charge in [-0.15, -0.1) is 0 Å². The lowest BCUT2D eigenvalue weighted by Gasteiger charge is -2.16. The first kappa shape index (κ1) is 23.1. The van der Waals surface area contributed by atoms with Gasteiger partial charge in [-0.1, -0.05) is 0 Å². The summed E-state index contributed by atoms with van der Waals surface area (Å²) in [5.74, 6) is -4.87. The van der Waals surface area contributed by atoms with E-state index in [1.165, 1.54) is 12.1 Å². The third-order valence-electron chi connectivity index (χ3n) is 5.05. The zero-order valence-corrected chi connectivity index (χ0v) is 17.1. The van der Waals surface area contributed by atoms with Gasteiger partial charge in [0.25, 0.3) is 11.8 Å². The Kier molecular flexibility index (Phi) is 6.42. The Labute approximate surface area is 180 Å². The number of rotatable bonds is 7. The highest BCUT2D eigenvalue weighted by Gasteiger charge is 2.30. The summed E-state index contributed by atoms with van der Waals surface area (Å²) in [5, 5.41) is 32.9. The van der Waals surface area contributed by atoms with E-state index in [-0.39, 0.29) is 28.8 Å². The standard InChI is InChI=1S/C21H21F2N3O6/c1-8-14(7-11-18-13(25-20(11)31)4-3-12(22)19(18)23)24-9(2)17(8)21(32)26-15(28)5-10(27)6-16(29)30/h3-4,7,10,15,24,27-28H,5-6H2,1-2H3,(H,25,31)(H,26,32)(H,29,30)/b11-7-/t10-,15+/m1/s1. The van der Waals surface area contributed by atoms with Crippen LogP contribution in [0.5, 0.6) is 0 Å². The van der Waals surface area contributed by atoms with Crippen molar-refractivity contribution in [3.63, 3.8) is 0 Å². The van der Waals surface area contributed by atoms with Gasteiger partial charge in [-0.05, 0) is 37.6 Å². The van der Waals surface area contributed by atoms with Crippen molar-refractivity contribution in [2.75, 3.05) is 5.32 Å². The number of aryl methyl sites for hydroxylation is 1. The van der Waals surface area contributed by atoms with E-state index in [0.29, 0.717) is 17.0 Å². The number of amides is 2. The van der Waals surface area contributed by atoms with Crippen molar-refractivity contribution in [3.8, 4) is 0 Å². The van der Waals surface area contributed by atoms with E-state index in [0.717, 1.165) is 6.07 Å². The first-order chi connectivity index (χ1) is 15.0. The van der Waals surface area contributed by atoms with E-state index in [4.69, 9.17) is 5.11 Å². The van der Waals surface area contributed by atoms with Crippen LogP contribution in [0, 0.1) is 25.5 Å². The Morgan fingerprint density at radius 1 is 1.22 bits per heavy atom. The molecule has 2 atom stereocenters. The summed E-state index contributed by atoms with van der Waals surface area (Å²) in [7, 11) is 0. The maximum absolute atomic E-state index is 14.3. The third kappa shape index (κ3) is 4.53. The van der Waals surface area contributed by atoms with E-state index < -0.39 is 48.2 Å². The molecule has 11 heteroatoms. The van der Waals surface area contributed by atoms with Crippen LogP contribution in [0.1, 0.15) is 45.7 Å². The zero-order chi connectivity index (χ0) is 23.7. The number of carboxylic acid groups (broad SMARTS) is 1. The fourth-order valence-electron chi connectivity index (χ4n) is 3.59. The van der Waals surface area contributed by atoms with Crippen LogP contribution in [-0.4, -0.2) is 50.4 Å². The van der Waals surface area contributed by atoms with E-state index in [9.17, 15) is 33.4 Å². The molecule has 2 amide bonds. The van der Waals surface area contributed by atoms with Crippen molar-refractivity contribution in [2.24, 2.45) is 0 Å². The molecule has 6 N–H and O–H groups in total. The molecular weight excluding hydrogens is 428 g/mol. The molecule has 1 aliphatic heterocycles. The molecule has 2 aromatic rings. The van der Waals surface area contributed by atoms with Crippen molar-refractivity contribution in [1.29, 1.82) is 0 Å². The lowest BCUT2D eigenvalue weighted by atomic mass is 10.0. The molecule has 0 spiro atoms. The minimum atomic E-state index is -1.50. The largest absolute Gasteiger partial charge is 0.481 e. The third-order valence-corrected chi connectivity index (χ3v) is 5.05. The van der Waals surface area contributed by atoms with Gasteiger partial charge in [0.05, 0.1) is 29.3 Å². The van der Waals surface area contributed by atoms with Crippen LogP contribution in [0.15, 0.2) is 12.1 Å². The summed E-state index contributed by atoms with van der Waals surface area (Å²) in [4.78, 5) is 38.4. The second-order valence-corrected chi connectivity index (χ2v) is 7.44. The highest BCUT2D eigenvalue weighted by atomic mass is 19.2. The number of aliphatic hydroxyl groups excluding tert-OH is 2. The Balaban J connectivity index is 1.86. The summed E-state index contributed by atoms with van der Waals surface area (Å²) < 4.78 is 28.0. The number of hydrogen-bond acceptors (Lipinski definition) is 5. The Bertz CT molecular complexity index is 1140. The molecule has 1 aliphatic rings. The molecule has 170 valence electrons. The first-order valence-corrected chi connectivity index (χ1v) is 9.59. The maximum atomic E-state index is 14.3. The van der Waals surface area contributed by atoms with Crippen LogP contribution in [0.3, 0.4) is 0 Å². The highest BCUT2D eigenvalue weighted by Crippen LogP contribution is 2.36. The van der Waals surface area contributed by atoms with Crippen molar-refractivity contribution in [2.45, 2.75) is 39.0 Å². The summed E-state index contributed by atoms with van der Waals surface area (Å²) in [6.45, 7) is 3.13. The molecule has 0 unspecified atom stereocenters. The average Bonchev–Trinajstić information content (AvgIpc) is 3.13. The molecule has 0 saturated carbocycles. The van der Waals surface area contributed by atoms with Gasteiger partial charge in [0.2, 0.25) is 0 Å². The molecule has 0 saturated heterocycles. The quantitative estimate of drug-likeness (QED) is 0.279. The van der Waals surface area contributed by atoms with E-state index in [1.54, 1.807) is 13.8 Å². The number of aromatic amines is 1. The minimum absolute atomic E-state index is 0.120. The number of aliphatic carboxylic acids is 1. The number of aliphatic hydroxyl groups is 2. The highest BCUT2D eigenvalue weighted by molar-refractivity contribution is 6.35. The molecule has 0 aliphatic carbocycles. The lowest BCUT2D eigenvalue weighted by molar-refractivity contribution is -0.139. The smallest absolute Gasteiger partial charge is 0.305 e. The fraction of sp³-hybridized carbons (Fsp3) is 0.286. The van der Waals surface area contributed by atoms with Crippen molar-refractivity contribution < 1.29 is 38.5 Å². The van der Waals surface area contributed by atoms with Crippen LogP contribution < -0.4 is 10.6 Å². The molecular formula is C21H21F2N3O6. The molecule has 9 nitrogen and oxygen atoms in total. The van der Waals surface area contributed by atoms with Crippen molar-refractivity contribution in [1.82, 2.24) is 10.3 Å². The molecule has 0 bridgehead atoms. The Morgan fingerprint density at radius 3 is 2.56 bits per heavy atom. The molecule has 3 rings (SSSR count). The van der Waals surface area contributed by atoms with Gasteiger partial charge < -0.3 is 30.9 Å².